The van der Waals surface area contributed by atoms with E-state index in [4.69, 9.17) is 0 Å². The topological polar surface area (TPSA) is 32.3 Å². The zero-order valence-corrected chi connectivity index (χ0v) is 12.1. The summed E-state index contributed by atoms with van der Waals surface area (Å²) in [6.07, 6.45) is 8.50. The summed E-state index contributed by atoms with van der Waals surface area (Å²) in [5, 5.41) is 3.53. The molecule has 1 saturated carbocycles. The minimum atomic E-state index is 0.0646. The van der Waals surface area contributed by atoms with Crippen LogP contribution in [0.2, 0.25) is 0 Å². The molecule has 0 radical (unpaired) electrons. The lowest BCUT2D eigenvalue weighted by Crippen LogP contribution is -2.44. The normalized spacial score (nSPS) is 29.9. The maximum Gasteiger partial charge on any atom is 0.241 e. The highest BCUT2D eigenvalue weighted by Crippen LogP contribution is 2.36. The lowest BCUT2D eigenvalue weighted by molar-refractivity contribution is -0.132. The molecule has 1 amide bonds. The lowest BCUT2D eigenvalue weighted by atomic mass is 10.0. The van der Waals surface area contributed by atoms with Crippen LogP contribution in [-0.4, -0.2) is 29.1 Å². The molecule has 2 aliphatic rings. The van der Waals surface area contributed by atoms with Gasteiger partial charge in [0.1, 0.15) is 0 Å². The second kappa shape index (κ2) is 6.05. The van der Waals surface area contributed by atoms with Crippen molar-refractivity contribution in [1.82, 2.24) is 10.2 Å². The van der Waals surface area contributed by atoms with Gasteiger partial charge < -0.3 is 4.90 Å². The molecule has 1 aliphatic carbocycles. The first-order valence-electron chi connectivity index (χ1n) is 7.79. The molecule has 104 valence electrons. The molecule has 0 aromatic rings. The van der Waals surface area contributed by atoms with Crippen LogP contribution in [0.25, 0.3) is 0 Å². The van der Waals surface area contributed by atoms with Gasteiger partial charge in [-0.3, -0.25) is 10.1 Å². The third-order valence-corrected chi connectivity index (χ3v) is 4.42. The number of hydrogen-bond donors (Lipinski definition) is 1. The largest absolute Gasteiger partial charge is 0.323 e. The van der Waals surface area contributed by atoms with E-state index in [1.807, 2.05) is 0 Å². The van der Waals surface area contributed by atoms with Crippen LogP contribution < -0.4 is 5.32 Å². The van der Waals surface area contributed by atoms with Gasteiger partial charge in [-0.1, -0.05) is 40.0 Å². The van der Waals surface area contributed by atoms with Gasteiger partial charge in [-0.25, -0.2) is 0 Å². The van der Waals surface area contributed by atoms with Crippen molar-refractivity contribution in [3.8, 4) is 0 Å². The van der Waals surface area contributed by atoms with Crippen molar-refractivity contribution in [2.24, 2.45) is 5.92 Å². The van der Waals surface area contributed by atoms with Gasteiger partial charge in [0.05, 0.1) is 12.2 Å². The molecule has 1 N–H and O–H groups in total. The monoisotopic (exact) mass is 252 g/mol. The lowest BCUT2D eigenvalue weighted by Gasteiger charge is -2.32. The van der Waals surface area contributed by atoms with E-state index in [0.29, 0.717) is 11.9 Å². The molecule has 2 fully saturated rings. The van der Waals surface area contributed by atoms with Crippen LogP contribution in [0.5, 0.6) is 0 Å². The first-order chi connectivity index (χ1) is 8.71. The zero-order chi connectivity index (χ0) is 13.1. The van der Waals surface area contributed by atoms with E-state index in [1.165, 1.54) is 19.3 Å². The van der Waals surface area contributed by atoms with E-state index < -0.39 is 0 Å². The molecule has 2 rings (SSSR count). The number of carbonyl (C=O) groups is 1. The Labute approximate surface area is 111 Å². The van der Waals surface area contributed by atoms with Gasteiger partial charge in [-0.05, 0) is 31.6 Å². The molecular formula is C15H28N2O. The van der Waals surface area contributed by atoms with Crippen molar-refractivity contribution in [2.75, 3.05) is 0 Å². The summed E-state index contributed by atoms with van der Waals surface area (Å²) in [5.74, 6) is 1.24. The van der Waals surface area contributed by atoms with Crippen LogP contribution >= 0.6 is 0 Å². The first-order valence-corrected chi connectivity index (χ1v) is 7.79. The molecule has 1 aliphatic heterocycles. The summed E-state index contributed by atoms with van der Waals surface area (Å²) >= 11 is 0. The molecule has 3 unspecified atom stereocenters. The Bertz CT molecular complexity index is 288. The molecule has 3 heteroatoms. The molecule has 1 heterocycles. The van der Waals surface area contributed by atoms with Crippen molar-refractivity contribution >= 4 is 5.91 Å². The number of amides is 1. The van der Waals surface area contributed by atoms with E-state index in [2.05, 4.69) is 31.0 Å². The standard InChI is InChI=1S/C15H28N2O/c1-4-7-14-16-13(6-3)15(18)17(14)12(5-2)10-11-8-9-11/h11-14,16H,4-10H2,1-3H3. The van der Waals surface area contributed by atoms with E-state index in [1.54, 1.807) is 0 Å². The second-order valence-corrected chi connectivity index (χ2v) is 5.92. The Kier molecular flexibility index (Phi) is 4.66. The third-order valence-electron chi connectivity index (χ3n) is 4.42. The van der Waals surface area contributed by atoms with Crippen molar-refractivity contribution in [2.45, 2.75) is 84.0 Å². The fourth-order valence-electron chi connectivity index (χ4n) is 3.16. The summed E-state index contributed by atoms with van der Waals surface area (Å²) in [4.78, 5) is 14.7. The van der Waals surface area contributed by atoms with Gasteiger partial charge in [-0.2, -0.15) is 0 Å². The predicted molar refractivity (Wildman–Crippen MR) is 74.2 cm³/mol. The van der Waals surface area contributed by atoms with Gasteiger partial charge in [0, 0.05) is 6.04 Å². The third kappa shape index (κ3) is 2.87. The van der Waals surface area contributed by atoms with E-state index in [9.17, 15) is 4.79 Å². The van der Waals surface area contributed by atoms with Gasteiger partial charge in [-0.15, -0.1) is 0 Å². The minimum Gasteiger partial charge on any atom is -0.323 e. The van der Waals surface area contributed by atoms with Crippen LogP contribution in [0.4, 0.5) is 0 Å². The fraction of sp³-hybridized carbons (Fsp3) is 0.933. The van der Waals surface area contributed by atoms with Gasteiger partial charge >= 0.3 is 0 Å². The zero-order valence-electron chi connectivity index (χ0n) is 12.1. The predicted octanol–water partition coefficient (Wildman–Crippen LogP) is 2.90. The fourth-order valence-corrected chi connectivity index (χ4v) is 3.16. The molecule has 3 atom stereocenters. The molecule has 0 aromatic carbocycles. The molecule has 1 saturated heterocycles. The number of nitrogens with one attached hydrogen (secondary N) is 1. The molecule has 0 bridgehead atoms. The minimum absolute atomic E-state index is 0.0646. The summed E-state index contributed by atoms with van der Waals surface area (Å²) in [6, 6.07) is 0.528. The highest BCUT2D eigenvalue weighted by molar-refractivity contribution is 5.84. The van der Waals surface area contributed by atoms with Crippen molar-refractivity contribution in [3.63, 3.8) is 0 Å². The van der Waals surface area contributed by atoms with E-state index in [0.717, 1.165) is 31.6 Å². The highest BCUT2D eigenvalue weighted by atomic mass is 16.2. The van der Waals surface area contributed by atoms with Crippen LogP contribution in [-0.2, 0) is 4.79 Å². The molecule has 3 nitrogen and oxygen atoms in total. The Balaban J connectivity index is 2.06. The first kappa shape index (κ1) is 13.9. The maximum absolute atomic E-state index is 12.5. The van der Waals surface area contributed by atoms with Gasteiger partial charge in [0.15, 0.2) is 0 Å². The Morgan fingerprint density at radius 3 is 2.56 bits per heavy atom. The van der Waals surface area contributed by atoms with Crippen molar-refractivity contribution < 1.29 is 4.79 Å². The number of rotatable bonds is 7. The van der Waals surface area contributed by atoms with E-state index in [-0.39, 0.29) is 12.2 Å². The Morgan fingerprint density at radius 2 is 2.06 bits per heavy atom. The van der Waals surface area contributed by atoms with Gasteiger partial charge in [0.25, 0.3) is 0 Å². The number of nitrogens with zero attached hydrogens (tertiary/aromatic N) is 1. The number of carbonyl (C=O) groups excluding carboxylic acids is 1. The molecule has 18 heavy (non-hydrogen) atoms. The molecule has 0 spiro atoms. The van der Waals surface area contributed by atoms with Crippen molar-refractivity contribution in [1.29, 1.82) is 0 Å². The Morgan fingerprint density at radius 1 is 1.33 bits per heavy atom. The SMILES string of the molecule is CCCC1NC(CC)C(=O)N1C(CC)CC1CC1. The number of hydrogen-bond acceptors (Lipinski definition) is 2. The van der Waals surface area contributed by atoms with Crippen LogP contribution in [0.15, 0.2) is 0 Å². The quantitative estimate of drug-likeness (QED) is 0.755. The van der Waals surface area contributed by atoms with Gasteiger partial charge in [0.2, 0.25) is 5.91 Å². The summed E-state index contributed by atoms with van der Waals surface area (Å²) < 4.78 is 0. The average molecular weight is 252 g/mol. The van der Waals surface area contributed by atoms with Crippen LogP contribution in [0.3, 0.4) is 0 Å². The smallest absolute Gasteiger partial charge is 0.241 e. The maximum atomic E-state index is 12.5. The Hall–Kier alpha value is -0.570. The summed E-state index contributed by atoms with van der Waals surface area (Å²) in [6.45, 7) is 6.53. The molecule has 0 aromatic heterocycles. The average Bonchev–Trinajstić information content (AvgIpc) is 3.13. The summed E-state index contributed by atoms with van der Waals surface area (Å²) in [5.41, 5.74) is 0. The van der Waals surface area contributed by atoms with Crippen molar-refractivity contribution in [3.05, 3.63) is 0 Å². The highest BCUT2D eigenvalue weighted by Gasteiger charge is 2.41. The van der Waals surface area contributed by atoms with Crippen LogP contribution in [0.1, 0.15) is 65.7 Å². The summed E-state index contributed by atoms with van der Waals surface area (Å²) in [7, 11) is 0. The molecular weight excluding hydrogens is 224 g/mol. The second-order valence-electron chi connectivity index (χ2n) is 5.92. The van der Waals surface area contributed by atoms with Crippen LogP contribution in [0, 0.1) is 5.92 Å². The van der Waals surface area contributed by atoms with E-state index >= 15 is 0 Å².